The molecule has 1 saturated heterocycles. The highest BCUT2D eigenvalue weighted by Gasteiger charge is 2.52. The third kappa shape index (κ3) is 3.46. The minimum atomic E-state index is 0.0709. The van der Waals surface area contributed by atoms with Gasteiger partial charge in [0.25, 0.3) is 5.91 Å². The van der Waals surface area contributed by atoms with E-state index in [9.17, 15) is 4.79 Å². The maximum absolute atomic E-state index is 13.1. The Labute approximate surface area is 188 Å². The zero-order valence-electron chi connectivity index (χ0n) is 17.9. The van der Waals surface area contributed by atoms with E-state index < -0.39 is 0 Å². The van der Waals surface area contributed by atoms with Crippen LogP contribution in [0.25, 0.3) is 0 Å². The predicted octanol–water partition coefficient (Wildman–Crippen LogP) is 1.79. The zero-order chi connectivity index (χ0) is 21.5. The van der Waals surface area contributed by atoms with Gasteiger partial charge in [0.15, 0.2) is 7.28 Å². The second kappa shape index (κ2) is 7.75. The fourth-order valence-electron chi connectivity index (χ4n) is 4.80. The molecule has 0 atom stereocenters. The average molecular weight is 423 g/mol. The molecule has 0 N–H and O–H groups in total. The van der Waals surface area contributed by atoms with E-state index in [1.165, 1.54) is 18.4 Å². The van der Waals surface area contributed by atoms with Crippen molar-refractivity contribution in [2.45, 2.75) is 18.3 Å². The third-order valence-corrected chi connectivity index (χ3v) is 6.75. The van der Waals surface area contributed by atoms with Crippen LogP contribution in [0.5, 0.6) is 0 Å². The normalized spacial score (nSPS) is 18.5. The van der Waals surface area contributed by atoms with E-state index in [0.29, 0.717) is 32.3 Å². The van der Waals surface area contributed by atoms with Gasteiger partial charge >= 0.3 is 0 Å². The van der Waals surface area contributed by atoms with Crippen molar-refractivity contribution in [1.29, 1.82) is 0 Å². The monoisotopic (exact) mass is 423 g/mol. The molecule has 159 valence electrons. The summed E-state index contributed by atoms with van der Waals surface area (Å²) >= 11 is 0. The maximum Gasteiger partial charge on any atom is 0.254 e. The van der Waals surface area contributed by atoms with E-state index in [-0.39, 0.29) is 11.3 Å². The quantitative estimate of drug-likeness (QED) is 0.599. The number of carbonyl (C=O) groups is 1. The maximum atomic E-state index is 13.1. The standard InChI is InChI=1S/C25H24BN4O2/c31-23(29-10-12-32-13-11-29)18-6-7-21-22(14-18)30(17-25(21)8-9-25)24-27-15-20(16-28-24)26-19-4-2-1-3-5-19/h1-7,14-16H,8-13,17H2. The SMILES string of the molecule is O=C(c1ccc2c(c1)N(c1ncc([B]c3ccccc3)cn1)CC21CC1)N1CCOCC1. The number of benzene rings is 2. The summed E-state index contributed by atoms with van der Waals surface area (Å²) in [5, 5.41) is 0. The first-order valence-electron chi connectivity index (χ1n) is 11.2. The van der Waals surface area contributed by atoms with Gasteiger partial charge in [0.1, 0.15) is 0 Å². The lowest BCUT2D eigenvalue weighted by Crippen LogP contribution is -2.40. The zero-order valence-corrected chi connectivity index (χ0v) is 17.9. The molecule has 0 unspecified atom stereocenters. The van der Waals surface area contributed by atoms with Crippen LogP contribution < -0.4 is 15.8 Å². The van der Waals surface area contributed by atoms with Crippen LogP contribution in [0.15, 0.2) is 60.9 Å². The van der Waals surface area contributed by atoms with Crippen LogP contribution in [-0.4, -0.2) is 60.9 Å². The molecule has 6 rings (SSSR count). The van der Waals surface area contributed by atoms with Crippen LogP contribution in [0.1, 0.15) is 28.8 Å². The highest BCUT2D eigenvalue weighted by molar-refractivity contribution is 6.67. The van der Waals surface area contributed by atoms with Crippen LogP contribution >= 0.6 is 0 Å². The Morgan fingerprint density at radius 1 is 0.969 bits per heavy atom. The summed E-state index contributed by atoms with van der Waals surface area (Å²) in [7, 11) is 2.07. The second-order valence-electron chi connectivity index (χ2n) is 8.87. The van der Waals surface area contributed by atoms with Crippen LogP contribution in [-0.2, 0) is 10.2 Å². The molecular weight excluding hydrogens is 399 g/mol. The molecule has 2 fully saturated rings. The van der Waals surface area contributed by atoms with E-state index in [4.69, 9.17) is 4.74 Å². The number of hydrogen-bond acceptors (Lipinski definition) is 5. The summed E-state index contributed by atoms with van der Waals surface area (Å²) in [4.78, 5) is 26.5. The molecule has 1 radical (unpaired) electrons. The minimum Gasteiger partial charge on any atom is -0.378 e. The molecule has 7 heteroatoms. The molecule has 1 aliphatic carbocycles. The third-order valence-electron chi connectivity index (χ3n) is 6.75. The van der Waals surface area contributed by atoms with Gasteiger partial charge in [-0.15, -0.1) is 0 Å². The highest BCUT2D eigenvalue weighted by atomic mass is 16.5. The molecule has 2 aliphatic heterocycles. The molecule has 3 aliphatic rings. The van der Waals surface area contributed by atoms with Gasteiger partial charge in [-0.25, -0.2) is 9.97 Å². The van der Waals surface area contributed by atoms with Gasteiger partial charge in [-0.1, -0.05) is 41.9 Å². The summed E-state index contributed by atoms with van der Waals surface area (Å²) in [6, 6.07) is 16.3. The largest absolute Gasteiger partial charge is 0.378 e. The Morgan fingerprint density at radius 2 is 1.72 bits per heavy atom. The number of ether oxygens (including phenoxy) is 1. The lowest BCUT2D eigenvalue weighted by atomic mass is 9.65. The highest BCUT2D eigenvalue weighted by Crippen LogP contribution is 2.57. The summed E-state index contributed by atoms with van der Waals surface area (Å²) < 4.78 is 5.40. The van der Waals surface area contributed by atoms with E-state index in [1.54, 1.807) is 0 Å². The summed E-state index contributed by atoms with van der Waals surface area (Å²) in [5.74, 6) is 0.762. The summed E-state index contributed by atoms with van der Waals surface area (Å²) in [6.07, 6.45) is 6.09. The van der Waals surface area contributed by atoms with Crippen molar-refractivity contribution in [1.82, 2.24) is 14.9 Å². The topological polar surface area (TPSA) is 58.6 Å². The van der Waals surface area contributed by atoms with Crippen molar-refractivity contribution in [2.24, 2.45) is 0 Å². The van der Waals surface area contributed by atoms with E-state index in [1.807, 2.05) is 47.6 Å². The van der Waals surface area contributed by atoms with Crippen molar-refractivity contribution in [3.05, 3.63) is 72.1 Å². The Kier molecular flexibility index (Phi) is 4.72. The van der Waals surface area contributed by atoms with Gasteiger partial charge in [-0.2, -0.15) is 0 Å². The van der Waals surface area contributed by atoms with Gasteiger partial charge in [-0.3, -0.25) is 4.79 Å². The predicted molar refractivity (Wildman–Crippen MR) is 125 cm³/mol. The molecule has 32 heavy (non-hydrogen) atoms. The number of rotatable bonds is 4. The molecule has 6 nitrogen and oxygen atoms in total. The van der Waals surface area contributed by atoms with Crippen LogP contribution in [0.2, 0.25) is 0 Å². The second-order valence-corrected chi connectivity index (χ2v) is 8.87. The van der Waals surface area contributed by atoms with Gasteiger partial charge in [0.05, 0.1) is 13.2 Å². The molecule has 1 saturated carbocycles. The van der Waals surface area contributed by atoms with Crippen molar-refractivity contribution in [2.75, 3.05) is 37.7 Å². The van der Waals surface area contributed by atoms with Gasteiger partial charge in [0.2, 0.25) is 5.95 Å². The molecule has 1 amide bonds. The van der Waals surface area contributed by atoms with E-state index in [2.05, 4.69) is 40.3 Å². The Balaban J connectivity index is 1.28. The fraction of sp³-hybridized carbons (Fsp3) is 0.320. The molecule has 1 spiro atoms. The van der Waals surface area contributed by atoms with Crippen molar-refractivity contribution >= 4 is 35.7 Å². The van der Waals surface area contributed by atoms with Gasteiger partial charge in [-0.05, 0) is 36.0 Å². The number of nitrogens with zero attached hydrogens (tertiary/aromatic N) is 4. The first-order valence-corrected chi connectivity index (χ1v) is 11.2. The van der Waals surface area contributed by atoms with Crippen LogP contribution in [0.3, 0.4) is 0 Å². The number of carbonyl (C=O) groups excluding carboxylic acids is 1. The Hall–Kier alpha value is -3.19. The van der Waals surface area contributed by atoms with Gasteiger partial charge in [0, 0.05) is 48.7 Å². The number of fused-ring (bicyclic) bond motifs is 2. The average Bonchev–Trinajstić information content (AvgIpc) is 3.57. The number of amides is 1. The van der Waals surface area contributed by atoms with Gasteiger partial charge < -0.3 is 14.5 Å². The molecular formula is C25H24BN4O2. The molecule has 1 aromatic heterocycles. The van der Waals surface area contributed by atoms with Crippen LogP contribution in [0.4, 0.5) is 11.6 Å². The van der Waals surface area contributed by atoms with E-state index >= 15 is 0 Å². The van der Waals surface area contributed by atoms with Crippen molar-refractivity contribution < 1.29 is 9.53 Å². The smallest absolute Gasteiger partial charge is 0.254 e. The number of hydrogen-bond donors (Lipinski definition) is 0. The first-order chi connectivity index (χ1) is 15.7. The molecule has 0 bridgehead atoms. The first kappa shape index (κ1) is 19.5. The molecule has 2 aromatic carbocycles. The number of morpholine rings is 1. The lowest BCUT2D eigenvalue weighted by Gasteiger charge is -2.27. The summed E-state index contributed by atoms with van der Waals surface area (Å²) in [5.41, 5.74) is 5.40. The van der Waals surface area contributed by atoms with Crippen molar-refractivity contribution in [3.63, 3.8) is 0 Å². The molecule has 3 aromatic rings. The number of anilines is 2. The fourth-order valence-corrected chi connectivity index (χ4v) is 4.80. The van der Waals surface area contributed by atoms with E-state index in [0.717, 1.165) is 28.7 Å². The Bertz CT molecular complexity index is 1140. The summed E-state index contributed by atoms with van der Waals surface area (Å²) in [6.45, 7) is 3.37. The Morgan fingerprint density at radius 3 is 2.44 bits per heavy atom. The lowest BCUT2D eigenvalue weighted by molar-refractivity contribution is 0.0303. The number of aromatic nitrogens is 2. The van der Waals surface area contributed by atoms with Crippen LogP contribution in [0, 0.1) is 0 Å². The minimum absolute atomic E-state index is 0.0709. The van der Waals surface area contributed by atoms with Crippen molar-refractivity contribution in [3.8, 4) is 0 Å². The molecule has 3 heterocycles.